The van der Waals surface area contributed by atoms with Crippen molar-refractivity contribution in [3.05, 3.63) is 0 Å². The fourth-order valence-corrected chi connectivity index (χ4v) is 3.87. The van der Waals surface area contributed by atoms with E-state index in [0.29, 0.717) is 19.3 Å². The first-order valence-electron chi connectivity index (χ1n) is 20.5. The molecule has 0 heterocycles. The molecule has 0 aliphatic heterocycles. The van der Waals surface area contributed by atoms with Crippen molar-refractivity contribution in [1.29, 1.82) is 0 Å². The minimum atomic E-state index is -1.52. The van der Waals surface area contributed by atoms with E-state index in [0.717, 1.165) is 0 Å². The molecule has 360 valence electrons. The van der Waals surface area contributed by atoms with Gasteiger partial charge in [-0.15, -0.1) is 0 Å². The summed E-state index contributed by atoms with van der Waals surface area (Å²) in [5.41, 5.74) is 0. The molecule has 21 nitrogen and oxygen atoms in total. The second-order valence-corrected chi connectivity index (χ2v) is 15.7. The molecule has 0 unspecified atom stereocenters. The number of carbonyl (C=O) groups is 4. The molecule has 0 spiro atoms. The van der Waals surface area contributed by atoms with Crippen molar-refractivity contribution in [2.75, 3.05) is 32.8 Å². The molecule has 0 fully saturated rings. The number of hydrogen-bond donors (Lipinski definition) is 17. The molecule has 21 heteroatoms. The summed E-state index contributed by atoms with van der Waals surface area (Å²) in [7, 11) is 0. The molecule has 0 aromatic heterocycles. The molecule has 0 rings (SSSR count). The summed E-state index contributed by atoms with van der Waals surface area (Å²) in [6.07, 6.45) is -11.5. The number of amides is 4. The maximum Gasteiger partial charge on any atom is 0.251 e. The molecule has 60 heavy (non-hydrogen) atoms. The zero-order valence-electron chi connectivity index (χ0n) is 37.3. The fraction of sp³-hybridized carbons (Fsp3) is 0.897. The highest BCUT2D eigenvalue weighted by Gasteiger charge is 2.29. The number of aliphatic hydroxyl groups is 13. The Hall–Kier alpha value is -2.64. The van der Waals surface area contributed by atoms with Gasteiger partial charge in [0, 0.05) is 26.2 Å². The van der Waals surface area contributed by atoms with Crippen LogP contribution in [0.5, 0.6) is 0 Å². The lowest BCUT2D eigenvalue weighted by Crippen LogP contribution is -2.46. The van der Waals surface area contributed by atoms with Crippen LogP contribution in [0.25, 0.3) is 0 Å². The van der Waals surface area contributed by atoms with Gasteiger partial charge in [0.1, 0.15) is 0 Å². The van der Waals surface area contributed by atoms with Gasteiger partial charge in [-0.05, 0) is 42.9 Å². The van der Waals surface area contributed by atoms with Crippen LogP contribution in [0.15, 0.2) is 0 Å². The number of hydrogen-bond acceptors (Lipinski definition) is 17. The molecule has 0 aliphatic rings. The Bertz CT molecular complexity index is 953. The van der Waals surface area contributed by atoms with Crippen molar-refractivity contribution < 1.29 is 85.6 Å². The lowest BCUT2D eigenvalue weighted by Gasteiger charge is -2.20. The second-order valence-electron chi connectivity index (χ2n) is 15.7. The zero-order chi connectivity index (χ0) is 48.0. The number of nitrogens with one attached hydrogen (secondary N) is 4. The number of rotatable bonds is 24. The van der Waals surface area contributed by atoms with Crippen LogP contribution in [0.3, 0.4) is 0 Å². The van der Waals surface area contributed by atoms with Gasteiger partial charge in [-0.1, -0.05) is 76.2 Å². The summed E-state index contributed by atoms with van der Waals surface area (Å²) >= 11 is 0. The van der Waals surface area contributed by atoms with Crippen LogP contribution in [0.1, 0.15) is 95.4 Å². The first kappa shape index (κ1) is 64.0. The molecule has 4 amide bonds. The molecular formula is C39H82N4O17. The fourth-order valence-electron chi connectivity index (χ4n) is 3.87. The molecule has 0 aliphatic carbocycles. The van der Waals surface area contributed by atoms with Gasteiger partial charge in [-0.2, -0.15) is 0 Å². The maximum absolute atomic E-state index is 11.3. The van der Waals surface area contributed by atoms with Crippen molar-refractivity contribution in [2.24, 2.45) is 23.7 Å². The van der Waals surface area contributed by atoms with Gasteiger partial charge in [0.25, 0.3) is 23.6 Å². The van der Waals surface area contributed by atoms with Gasteiger partial charge in [-0.3, -0.25) is 19.2 Å². The number of aliphatic hydroxyl groups excluding tert-OH is 13. The Morgan fingerprint density at radius 1 is 0.350 bits per heavy atom. The second kappa shape index (κ2) is 35.9. The Balaban J connectivity index is -0.000000348. The summed E-state index contributed by atoms with van der Waals surface area (Å²) in [6, 6.07) is 0. The van der Waals surface area contributed by atoms with E-state index in [1.165, 1.54) is 0 Å². The van der Waals surface area contributed by atoms with E-state index < -0.39 is 103 Å². The van der Waals surface area contributed by atoms with E-state index >= 15 is 0 Å². The molecular weight excluding hydrogens is 796 g/mol. The molecule has 0 aromatic rings. The van der Waals surface area contributed by atoms with E-state index in [4.69, 9.17) is 10.2 Å². The van der Waals surface area contributed by atoms with Gasteiger partial charge in [0.05, 0.1) is 55.4 Å². The van der Waals surface area contributed by atoms with E-state index in [-0.39, 0.29) is 49.9 Å². The molecule has 0 saturated carbocycles. The predicted molar refractivity (Wildman–Crippen MR) is 221 cm³/mol. The van der Waals surface area contributed by atoms with E-state index in [1.807, 2.05) is 0 Å². The quantitative estimate of drug-likeness (QED) is 0.0435. The molecule has 0 saturated heterocycles. The van der Waals surface area contributed by atoms with Crippen molar-refractivity contribution in [3.63, 3.8) is 0 Å². The summed E-state index contributed by atoms with van der Waals surface area (Å²) in [6.45, 7) is 18.6. The minimum absolute atomic E-state index is 0.0945. The van der Waals surface area contributed by atoms with E-state index in [2.05, 4.69) is 21.3 Å². The zero-order valence-corrected chi connectivity index (χ0v) is 37.3. The highest BCUT2D eigenvalue weighted by atomic mass is 16.4. The van der Waals surface area contributed by atoms with Crippen LogP contribution in [-0.4, -0.2) is 196 Å². The Kier molecular flexibility index (Phi) is 38.3. The average Bonchev–Trinajstić information content (AvgIpc) is 3.22. The van der Waals surface area contributed by atoms with Gasteiger partial charge in [0.2, 0.25) is 0 Å². The van der Waals surface area contributed by atoms with Crippen LogP contribution < -0.4 is 21.3 Å². The van der Waals surface area contributed by atoms with E-state index in [1.54, 1.807) is 76.2 Å². The molecule has 0 bridgehead atoms. The molecule has 12 atom stereocenters. The summed E-state index contributed by atoms with van der Waals surface area (Å²) in [4.78, 5) is 45.0. The molecule has 0 aromatic carbocycles. The van der Waals surface area contributed by atoms with Crippen molar-refractivity contribution in [3.8, 4) is 0 Å². The third-order valence-electron chi connectivity index (χ3n) is 8.77. The van der Waals surface area contributed by atoms with Gasteiger partial charge >= 0.3 is 0 Å². The lowest BCUT2D eigenvalue weighted by molar-refractivity contribution is -0.138. The standard InChI is InChI=1S/3C10H21NO4.C9H19NO5/c3*1-4-7(12)5-11-10(15)9(14)8(13)6(2)3;1-5(2)7(13)8(14)9(15)10-3-6(12)4-11/h3*6-9,12-14H,4-5H2,1-3H3,(H,11,15);5-8,11-14H,3-4H2,1-2H3,(H,10,15)/t2*7-,8+,9-;7-,8-,9+;6-,7+,8-/m1011/s1. The van der Waals surface area contributed by atoms with Crippen molar-refractivity contribution in [1.82, 2.24) is 21.3 Å². The van der Waals surface area contributed by atoms with Crippen LogP contribution in [-0.2, 0) is 19.2 Å². The third kappa shape index (κ3) is 30.4. The lowest BCUT2D eigenvalue weighted by atomic mass is 10.0. The van der Waals surface area contributed by atoms with E-state index in [9.17, 15) is 75.3 Å². The van der Waals surface area contributed by atoms with Crippen LogP contribution in [0.4, 0.5) is 0 Å². The monoisotopic (exact) mass is 879 g/mol. The van der Waals surface area contributed by atoms with Crippen LogP contribution in [0.2, 0.25) is 0 Å². The summed E-state index contributed by atoms with van der Waals surface area (Å²) < 4.78 is 0. The topological polar surface area (TPSA) is 379 Å². The highest BCUT2D eigenvalue weighted by molar-refractivity contribution is 5.82. The SMILES string of the molecule is CC(C)[C@H](O)[C@@H](O)C(=O)NC[C@@H](O)CO.CC[C@@H](O)CNC(=O)[C@@H](O)[C@H](O)C(C)C.CC[C@@H](O)CNC(=O)[C@H](O)[C@@H](O)C(C)C.CC[C@H](O)CNC(=O)[C@@H](O)[C@H](O)C(C)C. The first-order valence-corrected chi connectivity index (χ1v) is 20.5. The summed E-state index contributed by atoms with van der Waals surface area (Å²) in [5.74, 6) is -3.53. The smallest absolute Gasteiger partial charge is 0.251 e. The van der Waals surface area contributed by atoms with Gasteiger partial charge < -0.3 is 87.7 Å². The normalized spacial score (nSPS) is 17.3. The maximum atomic E-state index is 11.3. The van der Waals surface area contributed by atoms with Crippen molar-refractivity contribution in [2.45, 2.75) is 169 Å². The Morgan fingerprint density at radius 3 is 0.650 bits per heavy atom. The van der Waals surface area contributed by atoms with Gasteiger partial charge in [-0.25, -0.2) is 0 Å². The molecule has 17 N–H and O–H groups in total. The molecule has 0 radical (unpaired) electrons. The Labute approximate surface area is 355 Å². The van der Waals surface area contributed by atoms with Crippen molar-refractivity contribution >= 4 is 23.6 Å². The Morgan fingerprint density at radius 2 is 0.517 bits per heavy atom. The third-order valence-corrected chi connectivity index (χ3v) is 8.77. The summed E-state index contributed by atoms with van der Waals surface area (Å²) in [5, 5.41) is 129. The predicted octanol–water partition coefficient (Wildman–Crippen LogP) is -4.41. The average molecular weight is 879 g/mol. The van der Waals surface area contributed by atoms with Crippen LogP contribution >= 0.6 is 0 Å². The minimum Gasteiger partial charge on any atom is -0.394 e. The number of carbonyl (C=O) groups excluding carboxylic acids is 4. The highest BCUT2D eigenvalue weighted by Crippen LogP contribution is 2.09. The van der Waals surface area contributed by atoms with Crippen LogP contribution in [0, 0.1) is 23.7 Å². The largest absolute Gasteiger partial charge is 0.394 e. The van der Waals surface area contributed by atoms with Gasteiger partial charge in [0.15, 0.2) is 24.4 Å². The first-order chi connectivity index (χ1) is 27.6.